The summed E-state index contributed by atoms with van der Waals surface area (Å²) in [6.45, 7) is 1.98. The van der Waals surface area contributed by atoms with Crippen molar-refractivity contribution in [2.45, 2.75) is 108 Å². The van der Waals surface area contributed by atoms with Gasteiger partial charge in [-0.3, -0.25) is 9.59 Å². The molecule has 37 heavy (non-hydrogen) atoms. The molecule has 0 aromatic carbocycles. The van der Waals surface area contributed by atoms with E-state index in [1.165, 1.54) is 11.3 Å². The molecule has 1 aliphatic heterocycles. The van der Waals surface area contributed by atoms with E-state index in [4.69, 9.17) is 15.2 Å². The molecule has 0 radical (unpaired) electrons. The minimum Gasteiger partial charge on any atom is -0.463 e. The molecule has 9 nitrogen and oxygen atoms in total. The summed E-state index contributed by atoms with van der Waals surface area (Å²) in [4.78, 5) is 50.6. The van der Waals surface area contributed by atoms with Gasteiger partial charge >= 0.3 is 24.0 Å². The molecule has 0 bridgehead atoms. The van der Waals surface area contributed by atoms with Crippen molar-refractivity contribution in [3.63, 3.8) is 0 Å². The van der Waals surface area contributed by atoms with Crippen molar-refractivity contribution < 1.29 is 41.8 Å². The number of alkyl halides is 3. The van der Waals surface area contributed by atoms with Crippen LogP contribution in [0.2, 0.25) is 0 Å². The van der Waals surface area contributed by atoms with Crippen LogP contribution in [0.15, 0.2) is 0 Å². The fourth-order valence-corrected chi connectivity index (χ4v) is 4.95. The molecule has 212 valence electrons. The minimum atomic E-state index is -4.94. The van der Waals surface area contributed by atoms with Gasteiger partial charge in [-0.2, -0.15) is 13.2 Å². The standard InChI is InChI=1S/C25H40F3N3O6/c1-2-36-23(34)20(14-13-17-9-4-3-5-10-17)37-22(33)19-12-8-16-31(19)21(32)18(29)11-6-7-15-30-24(35)25(26,27)28/h17-20H,2-16,29H2,1H3,(H,30,35)/t18-,19-,20?/m0/s1. The lowest BCUT2D eigenvalue weighted by Gasteiger charge is -2.28. The Morgan fingerprint density at radius 3 is 2.38 bits per heavy atom. The Balaban J connectivity index is 1.85. The third kappa shape index (κ3) is 10.1. The van der Waals surface area contributed by atoms with Gasteiger partial charge in [0.15, 0.2) is 6.10 Å². The maximum atomic E-state index is 13.0. The number of esters is 2. The Bertz CT molecular complexity index is 773. The maximum absolute atomic E-state index is 13.0. The third-order valence-corrected chi connectivity index (χ3v) is 6.98. The topological polar surface area (TPSA) is 128 Å². The van der Waals surface area contributed by atoms with Crippen LogP contribution >= 0.6 is 0 Å². The van der Waals surface area contributed by atoms with Gasteiger partial charge in [-0.1, -0.05) is 32.1 Å². The number of carbonyl (C=O) groups is 4. The van der Waals surface area contributed by atoms with Gasteiger partial charge in [0.2, 0.25) is 5.91 Å². The van der Waals surface area contributed by atoms with Gasteiger partial charge in [-0.25, -0.2) is 9.59 Å². The summed E-state index contributed by atoms with van der Waals surface area (Å²) in [6.07, 6.45) is 2.61. The predicted molar refractivity (Wildman–Crippen MR) is 128 cm³/mol. The van der Waals surface area contributed by atoms with Gasteiger partial charge in [0, 0.05) is 13.1 Å². The van der Waals surface area contributed by atoms with Crippen molar-refractivity contribution in [1.82, 2.24) is 10.2 Å². The molecule has 2 amide bonds. The van der Waals surface area contributed by atoms with Crippen LogP contribution in [0, 0.1) is 5.92 Å². The molecular weight excluding hydrogens is 495 g/mol. The molecule has 12 heteroatoms. The molecule has 1 saturated carbocycles. The van der Waals surface area contributed by atoms with Crippen molar-refractivity contribution in [3.8, 4) is 0 Å². The van der Waals surface area contributed by atoms with Crippen molar-refractivity contribution in [2.24, 2.45) is 11.7 Å². The Kier molecular flexibility index (Phi) is 12.6. The molecule has 0 aromatic heterocycles. The molecule has 0 spiro atoms. The van der Waals surface area contributed by atoms with E-state index in [0.717, 1.165) is 32.1 Å². The SMILES string of the molecule is CCOC(=O)C(CCC1CCCCC1)OC(=O)[C@@H]1CCCN1C(=O)[C@@H](N)CCCCNC(=O)C(F)(F)F. The van der Waals surface area contributed by atoms with Crippen molar-refractivity contribution in [1.29, 1.82) is 0 Å². The molecule has 1 aliphatic carbocycles. The summed E-state index contributed by atoms with van der Waals surface area (Å²) in [5.41, 5.74) is 6.01. The second-order valence-corrected chi connectivity index (χ2v) is 9.80. The number of likely N-dealkylation sites (tertiary alicyclic amines) is 1. The van der Waals surface area contributed by atoms with E-state index in [0.29, 0.717) is 38.1 Å². The quantitative estimate of drug-likeness (QED) is 0.274. The highest BCUT2D eigenvalue weighted by atomic mass is 19.4. The summed E-state index contributed by atoms with van der Waals surface area (Å²) >= 11 is 0. The first-order valence-electron chi connectivity index (χ1n) is 13.3. The van der Waals surface area contributed by atoms with Crippen LogP contribution in [0.25, 0.3) is 0 Å². The number of ether oxygens (including phenoxy) is 2. The zero-order valence-corrected chi connectivity index (χ0v) is 21.5. The number of nitrogens with one attached hydrogen (secondary N) is 1. The van der Waals surface area contributed by atoms with Crippen molar-refractivity contribution in [3.05, 3.63) is 0 Å². The molecular formula is C25H40F3N3O6. The van der Waals surface area contributed by atoms with Crippen molar-refractivity contribution in [2.75, 3.05) is 19.7 Å². The van der Waals surface area contributed by atoms with Crippen LogP contribution in [0.4, 0.5) is 13.2 Å². The highest BCUT2D eigenvalue weighted by Gasteiger charge is 2.40. The fourth-order valence-electron chi connectivity index (χ4n) is 4.95. The lowest BCUT2D eigenvalue weighted by molar-refractivity contribution is -0.173. The molecule has 1 unspecified atom stereocenters. The molecule has 1 saturated heterocycles. The van der Waals surface area contributed by atoms with E-state index < -0.39 is 48.1 Å². The number of amides is 2. The molecule has 2 rings (SSSR count). The molecule has 3 N–H and O–H groups in total. The van der Waals surface area contributed by atoms with Gasteiger partial charge < -0.3 is 25.4 Å². The van der Waals surface area contributed by atoms with E-state index in [1.54, 1.807) is 12.2 Å². The Labute approximate surface area is 216 Å². The van der Waals surface area contributed by atoms with Gasteiger partial charge in [-0.15, -0.1) is 0 Å². The van der Waals surface area contributed by atoms with Crippen LogP contribution in [0.1, 0.15) is 84.0 Å². The lowest BCUT2D eigenvalue weighted by atomic mass is 9.85. The Hall–Kier alpha value is -2.37. The summed E-state index contributed by atoms with van der Waals surface area (Å²) in [5, 5.41) is 1.77. The van der Waals surface area contributed by atoms with Crippen LogP contribution in [0.5, 0.6) is 0 Å². The average Bonchev–Trinajstić information content (AvgIpc) is 3.35. The Morgan fingerprint density at radius 2 is 1.73 bits per heavy atom. The van der Waals surface area contributed by atoms with Crippen LogP contribution in [0.3, 0.4) is 0 Å². The largest absolute Gasteiger partial charge is 0.471 e. The van der Waals surface area contributed by atoms with Gasteiger partial charge in [0.25, 0.3) is 0 Å². The monoisotopic (exact) mass is 535 g/mol. The molecule has 0 aromatic rings. The number of nitrogens with two attached hydrogens (primary N) is 1. The fraction of sp³-hybridized carbons (Fsp3) is 0.840. The first kappa shape index (κ1) is 30.9. The van der Waals surface area contributed by atoms with Crippen LogP contribution < -0.4 is 11.1 Å². The van der Waals surface area contributed by atoms with Gasteiger partial charge in [0.05, 0.1) is 12.6 Å². The van der Waals surface area contributed by atoms with Crippen LogP contribution in [-0.2, 0) is 28.7 Å². The van der Waals surface area contributed by atoms with E-state index >= 15 is 0 Å². The first-order chi connectivity index (χ1) is 17.5. The average molecular weight is 536 g/mol. The second kappa shape index (κ2) is 15.1. The summed E-state index contributed by atoms with van der Waals surface area (Å²) in [5.74, 6) is -3.21. The summed E-state index contributed by atoms with van der Waals surface area (Å²) < 4.78 is 47.3. The van der Waals surface area contributed by atoms with E-state index in [1.807, 2.05) is 0 Å². The normalized spacial score (nSPS) is 20.2. The number of rotatable bonds is 13. The Morgan fingerprint density at radius 1 is 1.03 bits per heavy atom. The highest BCUT2D eigenvalue weighted by molar-refractivity contribution is 5.89. The number of carbonyl (C=O) groups excluding carboxylic acids is 4. The first-order valence-corrected chi connectivity index (χ1v) is 13.3. The smallest absolute Gasteiger partial charge is 0.463 e. The number of hydrogen-bond donors (Lipinski definition) is 2. The maximum Gasteiger partial charge on any atom is 0.471 e. The molecule has 1 heterocycles. The zero-order valence-electron chi connectivity index (χ0n) is 21.5. The number of hydrogen-bond acceptors (Lipinski definition) is 7. The predicted octanol–water partition coefficient (Wildman–Crippen LogP) is 2.99. The highest BCUT2D eigenvalue weighted by Crippen LogP contribution is 2.29. The van der Waals surface area contributed by atoms with Gasteiger partial charge in [0.1, 0.15) is 6.04 Å². The van der Waals surface area contributed by atoms with E-state index in [9.17, 15) is 32.3 Å². The molecule has 2 fully saturated rings. The lowest BCUT2D eigenvalue weighted by Crippen LogP contribution is -2.49. The van der Waals surface area contributed by atoms with Crippen LogP contribution in [-0.4, -0.2) is 72.7 Å². The van der Waals surface area contributed by atoms with Gasteiger partial charge in [-0.05, 0) is 57.8 Å². The minimum absolute atomic E-state index is 0.166. The number of halogens is 3. The van der Waals surface area contributed by atoms with E-state index in [2.05, 4.69) is 0 Å². The summed E-state index contributed by atoms with van der Waals surface area (Å²) in [6, 6.07) is -1.80. The van der Waals surface area contributed by atoms with Crippen molar-refractivity contribution >= 4 is 23.8 Å². The zero-order chi connectivity index (χ0) is 27.4. The third-order valence-electron chi connectivity index (χ3n) is 6.98. The number of unbranched alkanes of at least 4 members (excludes halogenated alkanes) is 1. The number of nitrogens with zero attached hydrogens (tertiary/aromatic N) is 1. The second-order valence-electron chi connectivity index (χ2n) is 9.80. The van der Waals surface area contributed by atoms with E-state index in [-0.39, 0.29) is 26.0 Å². The molecule has 3 atom stereocenters. The summed E-state index contributed by atoms with van der Waals surface area (Å²) in [7, 11) is 0. The molecule has 2 aliphatic rings.